The zero-order valence-corrected chi connectivity index (χ0v) is 21.8. The fourth-order valence-electron chi connectivity index (χ4n) is 2.95. The molecule has 3 nitrogen and oxygen atoms in total. The minimum atomic E-state index is 0.317. The van der Waals surface area contributed by atoms with Gasteiger partial charge in [0, 0.05) is 21.8 Å². The lowest BCUT2D eigenvalue weighted by atomic mass is 10.2. The Balaban J connectivity index is 1.42. The van der Waals surface area contributed by atoms with Crippen molar-refractivity contribution >= 4 is 67.0 Å². The highest BCUT2D eigenvalue weighted by atomic mass is 79.9. The summed E-state index contributed by atoms with van der Waals surface area (Å²) in [4.78, 5) is 4.56. The summed E-state index contributed by atoms with van der Waals surface area (Å²) in [5.41, 5.74) is 2.58. The molecule has 0 radical (unpaired) electrons. The summed E-state index contributed by atoms with van der Waals surface area (Å²) in [7, 11) is 0. The van der Waals surface area contributed by atoms with Gasteiger partial charge in [0.15, 0.2) is 0 Å². The summed E-state index contributed by atoms with van der Waals surface area (Å²) < 4.78 is 13.4. The number of benzene rings is 4. The predicted molar refractivity (Wildman–Crippen MR) is 143 cm³/mol. The maximum atomic E-state index is 6.24. The van der Waals surface area contributed by atoms with Crippen LogP contribution in [-0.2, 0) is 6.61 Å². The van der Waals surface area contributed by atoms with Crippen molar-refractivity contribution in [3.05, 3.63) is 115 Å². The van der Waals surface area contributed by atoms with Gasteiger partial charge in [-0.3, -0.25) is 4.99 Å². The van der Waals surface area contributed by atoms with Crippen molar-refractivity contribution in [1.82, 2.24) is 0 Å². The highest BCUT2D eigenvalue weighted by Gasteiger charge is 2.10. The van der Waals surface area contributed by atoms with Gasteiger partial charge in [-0.05, 0) is 98.1 Å². The molecule has 0 atom stereocenters. The van der Waals surface area contributed by atoms with Gasteiger partial charge in [0.25, 0.3) is 0 Å². The number of para-hydroxylation sites is 1. The Bertz CT molecular complexity index is 1260. The van der Waals surface area contributed by atoms with Gasteiger partial charge in [-0.1, -0.05) is 47.5 Å². The number of halogens is 4. The van der Waals surface area contributed by atoms with Crippen molar-refractivity contribution in [2.24, 2.45) is 4.99 Å². The highest BCUT2D eigenvalue weighted by molar-refractivity contribution is 9.11. The van der Waals surface area contributed by atoms with Crippen molar-refractivity contribution in [3.63, 3.8) is 0 Å². The van der Waals surface area contributed by atoms with Crippen LogP contribution in [0.2, 0.25) is 10.0 Å². The molecule has 0 amide bonds. The summed E-state index contributed by atoms with van der Waals surface area (Å²) in [6.07, 6.45) is 1.79. The lowest BCUT2D eigenvalue weighted by molar-refractivity contribution is 0.302. The molecule has 4 rings (SSSR count). The topological polar surface area (TPSA) is 30.8 Å². The van der Waals surface area contributed by atoms with Crippen molar-refractivity contribution in [1.29, 1.82) is 0 Å². The smallest absolute Gasteiger partial charge is 0.148 e. The minimum absolute atomic E-state index is 0.317. The Labute approximate surface area is 219 Å². The Kier molecular flexibility index (Phi) is 8.10. The first-order valence-corrected chi connectivity index (χ1v) is 12.2. The van der Waals surface area contributed by atoms with E-state index in [0.29, 0.717) is 22.4 Å². The van der Waals surface area contributed by atoms with E-state index >= 15 is 0 Å². The Morgan fingerprint density at radius 1 is 0.788 bits per heavy atom. The predicted octanol–water partition coefficient (Wildman–Crippen LogP) is 9.64. The van der Waals surface area contributed by atoms with Crippen LogP contribution in [0.1, 0.15) is 11.1 Å². The van der Waals surface area contributed by atoms with E-state index in [2.05, 4.69) is 36.9 Å². The molecule has 4 aromatic rings. The summed E-state index contributed by atoms with van der Waals surface area (Å²) in [6, 6.07) is 26.5. The van der Waals surface area contributed by atoms with Gasteiger partial charge < -0.3 is 9.47 Å². The molecule has 0 saturated heterocycles. The molecule has 0 heterocycles. The molecule has 0 unspecified atom stereocenters. The molecule has 0 aromatic heterocycles. The molecular weight excluding hydrogens is 589 g/mol. The second kappa shape index (κ2) is 11.2. The van der Waals surface area contributed by atoms with Crippen LogP contribution in [0.15, 0.2) is 98.9 Å². The molecule has 0 saturated carbocycles. The van der Waals surface area contributed by atoms with E-state index in [1.54, 1.807) is 18.3 Å². The summed E-state index contributed by atoms with van der Waals surface area (Å²) >= 11 is 19.4. The van der Waals surface area contributed by atoms with Crippen LogP contribution in [0, 0.1) is 0 Å². The normalized spacial score (nSPS) is 11.0. The van der Waals surface area contributed by atoms with Gasteiger partial charge in [-0.25, -0.2) is 0 Å². The van der Waals surface area contributed by atoms with Gasteiger partial charge in [0.2, 0.25) is 0 Å². The van der Waals surface area contributed by atoms with E-state index in [0.717, 1.165) is 37.3 Å². The quantitative estimate of drug-likeness (QED) is 0.196. The number of hydrogen-bond donors (Lipinski definition) is 0. The van der Waals surface area contributed by atoms with Crippen molar-refractivity contribution in [2.75, 3.05) is 0 Å². The number of ether oxygens (including phenoxy) is 2. The zero-order valence-electron chi connectivity index (χ0n) is 17.1. The van der Waals surface area contributed by atoms with Gasteiger partial charge in [-0.2, -0.15) is 0 Å². The second-order valence-corrected chi connectivity index (χ2v) is 9.56. The molecule has 0 spiro atoms. The van der Waals surface area contributed by atoms with Crippen molar-refractivity contribution in [2.45, 2.75) is 6.61 Å². The molecule has 0 N–H and O–H groups in total. The number of aliphatic imine (C=N–C) groups is 1. The number of nitrogens with zero attached hydrogens (tertiary/aromatic N) is 1. The van der Waals surface area contributed by atoms with Crippen LogP contribution < -0.4 is 9.47 Å². The molecule has 0 aliphatic carbocycles. The van der Waals surface area contributed by atoms with Gasteiger partial charge in [0.1, 0.15) is 23.9 Å². The molecule has 0 aliphatic rings. The van der Waals surface area contributed by atoms with Gasteiger partial charge >= 0.3 is 0 Å². The van der Waals surface area contributed by atoms with E-state index in [4.69, 9.17) is 32.7 Å². The Morgan fingerprint density at radius 3 is 2.12 bits per heavy atom. The SMILES string of the molecule is Clc1ccc(COc2c(Br)cc(C=Nc3ccc(Oc4ccccc4)cc3)cc2Br)c(Cl)c1. The molecule has 4 aromatic carbocycles. The summed E-state index contributed by atoms with van der Waals surface area (Å²) in [5, 5.41) is 1.16. The molecule has 0 bridgehead atoms. The fraction of sp³-hybridized carbons (Fsp3) is 0.0385. The lowest BCUT2D eigenvalue weighted by Crippen LogP contribution is -1.98. The molecule has 33 heavy (non-hydrogen) atoms. The number of hydrogen-bond acceptors (Lipinski definition) is 3. The second-order valence-electron chi connectivity index (χ2n) is 7.01. The first-order valence-electron chi connectivity index (χ1n) is 9.91. The Hall–Kier alpha value is -2.31. The monoisotopic (exact) mass is 603 g/mol. The molecular formula is C26H17Br2Cl2NO2. The highest BCUT2D eigenvalue weighted by Crippen LogP contribution is 2.36. The molecule has 7 heteroatoms. The van der Waals surface area contributed by atoms with Crippen LogP contribution in [0.25, 0.3) is 0 Å². The maximum Gasteiger partial charge on any atom is 0.148 e. The summed E-state index contributed by atoms with van der Waals surface area (Å²) in [5.74, 6) is 2.23. The Morgan fingerprint density at radius 2 is 1.45 bits per heavy atom. The minimum Gasteiger partial charge on any atom is -0.486 e. The lowest BCUT2D eigenvalue weighted by Gasteiger charge is -2.12. The van der Waals surface area contributed by atoms with Crippen LogP contribution >= 0.6 is 55.1 Å². The van der Waals surface area contributed by atoms with E-state index in [1.165, 1.54) is 0 Å². The van der Waals surface area contributed by atoms with Gasteiger partial charge in [0.05, 0.1) is 14.6 Å². The van der Waals surface area contributed by atoms with E-state index < -0.39 is 0 Å². The third-order valence-corrected chi connectivity index (χ3v) is 6.35. The van der Waals surface area contributed by atoms with Crippen LogP contribution in [0.3, 0.4) is 0 Å². The molecule has 0 aliphatic heterocycles. The van der Waals surface area contributed by atoms with Crippen LogP contribution in [-0.4, -0.2) is 6.21 Å². The first kappa shape index (κ1) is 23.8. The largest absolute Gasteiger partial charge is 0.486 e. The number of rotatable bonds is 7. The average Bonchev–Trinajstić information content (AvgIpc) is 2.80. The third kappa shape index (κ3) is 6.61. The standard InChI is InChI=1S/C26H17Br2Cl2NO2/c27-23-12-17(13-24(28)26(23)32-16-18-6-7-19(29)14-25(18)30)15-31-20-8-10-22(11-9-20)33-21-4-2-1-3-5-21/h1-15H,16H2. The van der Waals surface area contributed by atoms with E-state index in [1.807, 2.05) is 72.8 Å². The first-order chi connectivity index (χ1) is 16.0. The van der Waals surface area contributed by atoms with Crippen LogP contribution in [0.4, 0.5) is 5.69 Å². The molecule has 166 valence electrons. The maximum absolute atomic E-state index is 6.24. The van der Waals surface area contributed by atoms with E-state index in [-0.39, 0.29) is 0 Å². The fourth-order valence-corrected chi connectivity index (χ4v) is 4.87. The van der Waals surface area contributed by atoms with Crippen molar-refractivity contribution < 1.29 is 9.47 Å². The van der Waals surface area contributed by atoms with Gasteiger partial charge in [-0.15, -0.1) is 0 Å². The average molecular weight is 606 g/mol. The van der Waals surface area contributed by atoms with Crippen LogP contribution in [0.5, 0.6) is 17.2 Å². The van der Waals surface area contributed by atoms with Crippen molar-refractivity contribution in [3.8, 4) is 17.2 Å². The molecule has 0 fully saturated rings. The third-order valence-electron chi connectivity index (χ3n) is 4.59. The zero-order chi connectivity index (χ0) is 23.2. The van der Waals surface area contributed by atoms with E-state index in [9.17, 15) is 0 Å². The summed E-state index contributed by atoms with van der Waals surface area (Å²) in [6.45, 7) is 0.317.